The summed E-state index contributed by atoms with van der Waals surface area (Å²) in [5, 5.41) is 14.3. The Hall–Kier alpha value is -2.06. The van der Waals surface area contributed by atoms with Crippen molar-refractivity contribution in [2.45, 2.75) is 45.1 Å². The number of carbonyl (C=O) groups excluding carboxylic acids is 1. The number of methoxy groups -OCH3 is 1. The van der Waals surface area contributed by atoms with Crippen LogP contribution in [0.3, 0.4) is 0 Å². The van der Waals surface area contributed by atoms with Gasteiger partial charge in [0.25, 0.3) is 11.6 Å². The van der Waals surface area contributed by atoms with Crippen molar-refractivity contribution in [3.8, 4) is 11.5 Å². The predicted molar refractivity (Wildman–Crippen MR) is 105 cm³/mol. The molecule has 1 amide bonds. The molecule has 0 bridgehead atoms. The fourth-order valence-corrected chi connectivity index (χ4v) is 3.46. The Morgan fingerprint density at radius 3 is 2.52 bits per heavy atom. The molecule has 1 atom stereocenters. The number of nitrogens with two attached hydrogens (primary N) is 1. The molecule has 1 aromatic carbocycles. The minimum atomic E-state index is -0.592. The van der Waals surface area contributed by atoms with E-state index < -0.39 is 10.8 Å². The third-order valence-corrected chi connectivity index (χ3v) is 4.81. The van der Waals surface area contributed by atoms with E-state index in [0.717, 1.165) is 25.7 Å². The van der Waals surface area contributed by atoms with Crippen LogP contribution < -0.4 is 20.5 Å². The molecule has 152 valence electrons. The van der Waals surface area contributed by atoms with E-state index in [0.29, 0.717) is 24.8 Å². The van der Waals surface area contributed by atoms with Crippen LogP contribution in [0.1, 0.15) is 49.4 Å². The van der Waals surface area contributed by atoms with Crippen LogP contribution in [0.5, 0.6) is 11.5 Å². The summed E-state index contributed by atoms with van der Waals surface area (Å²) in [5.74, 6) is 0.313. The predicted octanol–water partition coefficient (Wildman–Crippen LogP) is 3.06. The summed E-state index contributed by atoms with van der Waals surface area (Å²) in [6, 6.07) is 2.39. The van der Waals surface area contributed by atoms with Crippen molar-refractivity contribution in [1.82, 2.24) is 5.32 Å². The second-order valence-electron chi connectivity index (χ2n) is 6.42. The Labute approximate surface area is 165 Å². The molecule has 1 aliphatic rings. The van der Waals surface area contributed by atoms with Crippen molar-refractivity contribution in [1.29, 1.82) is 0 Å². The Morgan fingerprint density at radius 2 is 2.00 bits per heavy atom. The van der Waals surface area contributed by atoms with E-state index in [-0.39, 0.29) is 35.4 Å². The van der Waals surface area contributed by atoms with Crippen molar-refractivity contribution in [3.05, 3.63) is 27.8 Å². The number of amides is 1. The number of halogens is 1. The van der Waals surface area contributed by atoms with E-state index in [1.807, 2.05) is 0 Å². The Kier molecular flexibility index (Phi) is 9.31. The first kappa shape index (κ1) is 23.0. The fraction of sp³-hybridized carbons (Fsp3) is 0.611. The molecule has 1 aliphatic carbocycles. The zero-order valence-corrected chi connectivity index (χ0v) is 16.5. The summed E-state index contributed by atoms with van der Waals surface area (Å²) >= 11 is 0. The Morgan fingerprint density at radius 1 is 1.33 bits per heavy atom. The van der Waals surface area contributed by atoms with Crippen molar-refractivity contribution >= 4 is 24.0 Å². The standard InChI is InChI=1S/C18H27N3O5.ClH/c1-3-26-17-9-13(15(21(23)24)10-16(17)25-2)18(22)20-14(11-19)12-7-5-4-6-8-12;/h9-10,12,14H,3-8,11,19H2,1-2H3,(H,20,22);1H. The van der Waals surface area contributed by atoms with Gasteiger partial charge < -0.3 is 20.5 Å². The van der Waals surface area contributed by atoms with Gasteiger partial charge in [-0.15, -0.1) is 12.4 Å². The first-order valence-electron chi connectivity index (χ1n) is 9.01. The van der Waals surface area contributed by atoms with Crippen LogP contribution in [0.2, 0.25) is 0 Å². The third kappa shape index (κ3) is 5.71. The van der Waals surface area contributed by atoms with Gasteiger partial charge in [0, 0.05) is 18.7 Å². The van der Waals surface area contributed by atoms with Crippen LogP contribution in [-0.2, 0) is 0 Å². The largest absolute Gasteiger partial charge is 0.493 e. The summed E-state index contributed by atoms with van der Waals surface area (Å²) in [4.78, 5) is 23.6. The first-order valence-corrected chi connectivity index (χ1v) is 9.01. The molecule has 1 fully saturated rings. The molecule has 2 rings (SSSR count). The molecule has 1 unspecified atom stereocenters. The lowest BCUT2D eigenvalue weighted by Gasteiger charge is -2.30. The number of nitro groups is 1. The molecular weight excluding hydrogens is 374 g/mol. The molecule has 1 aromatic rings. The zero-order chi connectivity index (χ0) is 19.1. The zero-order valence-electron chi connectivity index (χ0n) is 15.7. The number of hydrogen-bond donors (Lipinski definition) is 2. The van der Waals surface area contributed by atoms with Crippen molar-refractivity contribution < 1.29 is 19.2 Å². The van der Waals surface area contributed by atoms with Gasteiger partial charge >= 0.3 is 0 Å². The number of rotatable bonds is 8. The lowest BCUT2D eigenvalue weighted by atomic mass is 9.84. The molecule has 1 saturated carbocycles. The molecule has 8 nitrogen and oxygen atoms in total. The highest BCUT2D eigenvalue weighted by molar-refractivity contribution is 5.99. The lowest BCUT2D eigenvalue weighted by molar-refractivity contribution is -0.385. The lowest BCUT2D eigenvalue weighted by Crippen LogP contribution is -2.46. The molecule has 0 aromatic heterocycles. The number of hydrogen-bond acceptors (Lipinski definition) is 6. The highest BCUT2D eigenvalue weighted by atomic mass is 35.5. The quantitative estimate of drug-likeness (QED) is 0.510. The van der Waals surface area contributed by atoms with E-state index in [4.69, 9.17) is 15.2 Å². The maximum atomic E-state index is 12.8. The van der Waals surface area contributed by atoms with Crippen LogP contribution in [0.15, 0.2) is 12.1 Å². The normalized spacial score (nSPS) is 15.4. The maximum absolute atomic E-state index is 12.8. The highest BCUT2D eigenvalue weighted by Gasteiger charge is 2.29. The van der Waals surface area contributed by atoms with Crippen LogP contribution in [0.4, 0.5) is 5.69 Å². The van der Waals surface area contributed by atoms with E-state index in [1.54, 1.807) is 6.92 Å². The number of nitrogens with zero attached hydrogens (tertiary/aromatic N) is 1. The number of benzene rings is 1. The summed E-state index contributed by atoms with van der Waals surface area (Å²) in [7, 11) is 1.40. The molecule has 0 saturated heterocycles. The van der Waals surface area contributed by atoms with Gasteiger partial charge in [-0.05, 0) is 25.7 Å². The molecule has 3 N–H and O–H groups in total. The number of nitrogens with one attached hydrogen (secondary N) is 1. The average Bonchev–Trinajstić information content (AvgIpc) is 2.66. The number of nitro benzene ring substituents is 1. The van der Waals surface area contributed by atoms with E-state index >= 15 is 0 Å². The van der Waals surface area contributed by atoms with Gasteiger partial charge in [-0.1, -0.05) is 19.3 Å². The third-order valence-electron chi connectivity index (χ3n) is 4.81. The van der Waals surface area contributed by atoms with Crippen molar-refractivity contribution in [2.24, 2.45) is 11.7 Å². The minimum absolute atomic E-state index is 0. The fourth-order valence-electron chi connectivity index (χ4n) is 3.46. The minimum Gasteiger partial charge on any atom is -0.493 e. The summed E-state index contributed by atoms with van der Waals surface area (Å²) in [5.41, 5.74) is 5.49. The van der Waals surface area contributed by atoms with E-state index in [2.05, 4.69) is 5.32 Å². The van der Waals surface area contributed by atoms with E-state index in [1.165, 1.54) is 25.7 Å². The molecule has 9 heteroatoms. The second kappa shape index (κ2) is 10.9. The maximum Gasteiger partial charge on any atom is 0.286 e. The van der Waals surface area contributed by atoms with Gasteiger partial charge in [-0.2, -0.15) is 0 Å². The van der Waals surface area contributed by atoms with Gasteiger partial charge in [0.15, 0.2) is 11.5 Å². The van der Waals surface area contributed by atoms with Crippen molar-refractivity contribution in [2.75, 3.05) is 20.3 Å². The van der Waals surface area contributed by atoms with Gasteiger partial charge in [-0.25, -0.2) is 0 Å². The summed E-state index contributed by atoms with van der Waals surface area (Å²) in [6.07, 6.45) is 5.46. The van der Waals surface area contributed by atoms with Gasteiger partial charge in [0.2, 0.25) is 0 Å². The molecule has 0 spiro atoms. The van der Waals surface area contributed by atoms with Gasteiger partial charge in [0.05, 0.1) is 24.7 Å². The Balaban J connectivity index is 0.00000364. The number of ether oxygens (including phenoxy) is 2. The monoisotopic (exact) mass is 401 g/mol. The molecule has 0 aliphatic heterocycles. The van der Waals surface area contributed by atoms with Crippen molar-refractivity contribution in [3.63, 3.8) is 0 Å². The molecule has 0 heterocycles. The first-order chi connectivity index (χ1) is 12.5. The average molecular weight is 402 g/mol. The van der Waals surface area contributed by atoms with Crippen LogP contribution in [-0.4, -0.2) is 37.1 Å². The molecular formula is C18H28ClN3O5. The van der Waals surface area contributed by atoms with Gasteiger partial charge in [-0.3, -0.25) is 14.9 Å². The summed E-state index contributed by atoms with van der Waals surface area (Å²) < 4.78 is 10.6. The van der Waals surface area contributed by atoms with E-state index in [9.17, 15) is 14.9 Å². The number of carbonyl (C=O) groups is 1. The summed E-state index contributed by atoms with van der Waals surface area (Å²) in [6.45, 7) is 2.44. The van der Waals surface area contributed by atoms with Gasteiger partial charge in [0.1, 0.15) is 5.56 Å². The van der Waals surface area contributed by atoms with Crippen LogP contribution in [0, 0.1) is 16.0 Å². The van der Waals surface area contributed by atoms with Crippen LogP contribution in [0.25, 0.3) is 0 Å². The topological polar surface area (TPSA) is 117 Å². The molecule has 0 radical (unpaired) electrons. The second-order valence-corrected chi connectivity index (χ2v) is 6.42. The SMILES string of the molecule is CCOc1cc(C(=O)NC(CN)C2CCCCC2)c([N+](=O)[O-])cc1OC.Cl. The Bertz CT molecular complexity index is 650. The highest BCUT2D eigenvalue weighted by Crippen LogP contribution is 2.35. The van der Waals surface area contributed by atoms with Crippen LogP contribution >= 0.6 is 12.4 Å². The smallest absolute Gasteiger partial charge is 0.286 e. The molecule has 27 heavy (non-hydrogen) atoms.